The fourth-order valence-electron chi connectivity index (χ4n) is 2.30. The van der Waals surface area contributed by atoms with Crippen molar-refractivity contribution in [2.75, 3.05) is 13.7 Å². The summed E-state index contributed by atoms with van der Waals surface area (Å²) in [6.45, 7) is 6.69. The molecule has 0 aromatic heterocycles. The molecule has 0 aliphatic rings. The van der Waals surface area contributed by atoms with Gasteiger partial charge in [0, 0.05) is 6.04 Å². The number of hydrogen-bond donors (Lipinski definition) is 1. The van der Waals surface area contributed by atoms with Gasteiger partial charge in [0.05, 0.1) is 19.8 Å². The van der Waals surface area contributed by atoms with Crippen LogP contribution in [0.25, 0.3) is 0 Å². The van der Waals surface area contributed by atoms with Crippen molar-refractivity contribution in [3.63, 3.8) is 0 Å². The summed E-state index contributed by atoms with van der Waals surface area (Å²) >= 11 is 0. The van der Waals surface area contributed by atoms with Gasteiger partial charge < -0.3 is 9.47 Å². The summed E-state index contributed by atoms with van der Waals surface area (Å²) in [5, 5.41) is 12.6. The first-order valence-corrected chi connectivity index (χ1v) is 7.45. The number of nitriles is 1. The Balaban J connectivity index is 2.33. The van der Waals surface area contributed by atoms with Gasteiger partial charge in [0.2, 0.25) is 0 Å². The number of rotatable bonds is 9. The maximum atomic E-state index is 9.28. The molecule has 0 heterocycles. The number of benzene rings is 1. The number of para-hydroxylation sites is 2. The smallest absolute Gasteiger partial charge is 0.161 e. The maximum Gasteiger partial charge on any atom is 0.161 e. The highest BCUT2D eigenvalue weighted by Crippen LogP contribution is 2.26. The molecule has 1 atom stereocenters. The van der Waals surface area contributed by atoms with E-state index in [2.05, 4.69) is 25.2 Å². The predicted octanol–water partition coefficient (Wildman–Crippen LogP) is 3.52. The molecule has 1 rings (SSSR count). The Morgan fingerprint density at radius 2 is 1.90 bits per heavy atom. The third kappa shape index (κ3) is 6.05. The van der Waals surface area contributed by atoms with Gasteiger partial charge in [-0.3, -0.25) is 5.32 Å². The van der Waals surface area contributed by atoms with Crippen molar-refractivity contribution in [3.05, 3.63) is 24.3 Å². The van der Waals surface area contributed by atoms with E-state index in [4.69, 9.17) is 9.47 Å². The van der Waals surface area contributed by atoms with Crippen molar-refractivity contribution in [1.29, 1.82) is 5.26 Å². The molecule has 0 aliphatic heterocycles. The summed E-state index contributed by atoms with van der Waals surface area (Å²) in [6.07, 6.45) is 2.67. The van der Waals surface area contributed by atoms with Crippen LogP contribution in [0, 0.1) is 11.3 Å². The molecular formula is C17H26N2O2. The minimum Gasteiger partial charge on any atom is -0.493 e. The van der Waals surface area contributed by atoms with Crippen molar-refractivity contribution in [2.45, 2.75) is 51.6 Å². The monoisotopic (exact) mass is 290 g/mol. The molecule has 0 radical (unpaired) electrons. The van der Waals surface area contributed by atoms with E-state index in [0.717, 1.165) is 30.8 Å². The van der Waals surface area contributed by atoms with E-state index < -0.39 is 5.54 Å². The van der Waals surface area contributed by atoms with E-state index in [1.807, 2.05) is 31.2 Å². The van der Waals surface area contributed by atoms with Crippen LogP contribution < -0.4 is 14.8 Å². The molecule has 0 amide bonds. The normalized spacial score (nSPS) is 13.5. The Labute approximate surface area is 128 Å². The Hall–Kier alpha value is -1.73. The highest BCUT2D eigenvalue weighted by atomic mass is 16.5. The number of nitrogens with zero attached hydrogens (tertiary/aromatic N) is 1. The van der Waals surface area contributed by atoms with Gasteiger partial charge in [-0.05, 0) is 52.2 Å². The summed E-state index contributed by atoms with van der Waals surface area (Å²) in [5.74, 6) is 1.52. The zero-order chi connectivity index (χ0) is 15.7. The van der Waals surface area contributed by atoms with Gasteiger partial charge in [0.15, 0.2) is 11.5 Å². The molecule has 0 fully saturated rings. The number of methoxy groups -OCH3 is 1. The van der Waals surface area contributed by atoms with E-state index in [-0.39, 0.29) is 0 Å². The van der Waals surface area contributed by atoms with Gasteiger partial charge in [0.25, 0.3) is 0 Å². The second kappa shape index (κ2) is 8.53. The quantitative estimate of drug-likeness (QED) is 0.707. The number of unbranched alkanes of at least 4 members (excludes halogenated alkanes) is 1. The van der Waals surface area contributed by atoms with Crippen molar-refractivity contribution < 1.29 is 9.47 Å². The maximum absolute atomic E-state index is 9.28. The van der Waals surface area contributed by atoms with Crippen LogP contribution >= 0.6 is 0 Å². The lowest BCUT2D eigenvalue weighted by molar-refractivity contribution is 0.277. The number of ether oxygens (including phenoxy) is 2. The molecule has 1 aromatic rings. The molecule has 0 spiro atoms. The van der Waals surface area contributed by atoms with Crippen LogP contribution in [0.2, 0.25) is 0 Å². The molecule has 1 N–H and O–H groups in total. The van der Waals surface area contributed by atoms with Crippen molar-refractivity contribution >= 4 is 0 Å². The lowest BCUT2D eigenvalue weighted by Crippen LogP contribution is -2.44. The lowest BCUT2D eigenvalue weighted by Gasteiger charge is -2.25. The summed E-state index contributed by atoms with van der Waals surface area (Å²) in [6, 6.07) is 10.3. The first kappa shape index (κ1) is 17.3. The first-order chi connectivity index (χ1) is 10.0. The second-order valence-electron chi connectivity index (χ2n) is 5.70. The van der Waals surface area contributed by atoms with Gasteiger partial charge in [-0.15, -0.1) is 0 Å². The molecule has 0 bridgehead atoms. The molecule has 1 unspecified atom stereocenters. The van der Waals surface area contributed by atoms with Crippen molar-refractivity contribution in [1.82, 2.24) is 5.32 Å². The molecule has 116 valence electrons. The highest BCUT2D eigenvalue weighted by Gasteiger charge is 2.23. The van der Waals surface area contributed by atoms with E-state index >= 15 is 0 Å². The van der Waals surface area contributed by atoms with Gasteiger partial charge in [-0.25, -0.2) is 0 Å². The van der Waals surface area contributed by atoms with Crippen LogP contribution in [0.15, 0.2) is 24.3 Å². The average Bonchev–Trinajstić information content (AvgIpc) is 2.46. The average molecular weight is 290 g/mol. The molecule has 0 saturated carbocycles. The molecule has 0 saturated heterocycles. The van der Waals surface area contributed by atoms with Crippen LogP contribution in [0.4, 0.5) is 0 Å². The van der Waals surface area contributed by atoms with Crippen LogP contribution in [-0.4, -0.2) is 25.3 Å². The third-order valence-corrected chi connectivity index (χ3v) is 3.25. The topological polar surface area (TPSA) is 54.3 Å². The first-order valence-electron chi connectivity index (χ1n) is 7.45. The molecule has 1 aromatic carbocycles. The summed E-state index contributed by atoms with van der Waals surface area (Å²) in [4.78, 5) is 0. The number of nitrogens with one attached hydrogen (secondary N) is 1. The highest BCUT2D eigenvalue weighted by molar-refractivity contribution is 5.39. The summed E-state index contributed by atoms with van der Waals surface area (Å²) < 4.78 is 11.0. The summed E-state index contributed by atoms with van der Waals surface area (Å²) in [7, 11) is 1.64. The molecule has 21 heavy (non-hydrogen) atoms. The van der Waals surface area contributed by atoms with Gasteiger partial charge in [-0.2, -0.15) is 5.26 Å². The predicted molar refractivity (Wildman–Crippen MR) is 84.6 cm³/mol. The largest absolute Gasteiger partial charge is 0.493 e. The molecule has 4 nitrogen and oxygen atoms in total. The Morgan fingerprint density at radius 1 is 1.24 bits per heavy atom. The molecule has 0 aliphatic carbocycles. The minimum atomic E-state index is -0.460. The van der Waals surface area contributed by atoms with Gasteiger partial charge in [-0.1, -0.05) is 12.1 Å². The zero-order valence-corrected chi connectivity index (χ0v) is 13.5. The van der Waals surface area contributed by atoms with Crippen molar-refractivity contribution in [3.8, 4) is 17.6 Å². The fourth-order valence-corrected chi connectivity index (χ4v) is 2.30. The Morgan fingerprint density at radius 3 is 2.48 bits per heavy atom. The second-order valence-corrected chi connectivity index (χ2v) is 5.70. The van der Waals surface area contributed by atoms with E-state index in [1.54, 1.807) is 7.11 Å². The fraction of sp³-hybridized carbons (Fsp3) is 0.588. The van der Waals surface area contributed by atoms with Crippen LogP contribution in [0.3, 0.4) is 0 Å². The number of hydrogen-bond acceptors (Lipinski definition) is 4. The standard InChI is InChI=1S/C17H26N2O2/c1-14(2)19-17(3,13-18)11-7-8-12-21-16-10-6-5-9-15(16)20-4/h5-6,9-10,14,19H,7-8,11-12H2,1-4H3. The lowest BCUT2D eigenvalue weighted by atomic mass is 9.96. The SMILES string of the molecule is COc1ccccc1OCCCCC(C)(C#N)NC(C)C. The van der Waals surface area contributed by atoms with Crippen LogP contribution in [-0.2, 0) is 0 Å². The van der Waals surface area contributed by atoms with Crippen LogP contribution in [0.1, 0.15) is 40.0 Å². The zero-order valence-electron chi connectivity index (χ0n) is 13.5. The molecular weight excluding hydrogens is 264 g/mol. The van der Waals surface area contributed by atoms with Gasteiger partial charge >= 0.3 is 0 Å². The van der Waals surface area contributed by atoms with E-state index in [1.165, 1.54) is 0 Å². The van der Waals surface area contributed by atoms with E-state index in [0.29, 0.717) is 12.6 Å². The van der Waals surface area contributed by atoms with Crippen LogP contribution in [0.5, 0.6) is 11.5 Å². The third-order valence-electron chi connectivity index (χ3n) is 3.25. The summed E-state index contributed by atoms with van der Waals surface area (Å²) in [5.41, 5.74) is -0.460. The van der Waals surface area contributed by atoms with Crippen molar-refractivity contribution in [2.24, 2.45) is 0 Å². The van der Waals surface area contributed by atoms with Gasteiger partial charge in [0.1, 0.15) is 5.54 Å². The minimum absolute atomic E-state index is 0.305. The van der Waals surface area contributed by atoms with E-state index in [9.17, 15) is 5.26 Å². The Bertz CT molecular complexity index is 468. The molecule has 4 heteroatoms. The Kier molecular flexibility index (Phi) is 7.04.